The normalized spacial score (nSPS) is 14.3. The number of amides is 1. The van der Waals surface area contributed by atoms with Crippen molar-refractivity contribution in [2.24, 2.45) is 0 Å². The number of anilines is 2. The van der Waals surface area contributed by atoms with Gasteiger partial charge in [-0.2, -0.15) is 0 Å². The van der Waals surface area contributed by atoms with Gasteiger partial charge in [0.25, 0.3) is 5.91 Å². The standard InChI is InChI=1S/C21H27N3O2/c1-16(2)17-6-9-19(10-7-17)26-15-21(25)23-18-8-11-20(22-14-18)24-12-4-3-5-13-24/h6-11,14,16H,3-5,12-13,15H2,1-2H3,(H,23,25). The maximum absolute atomic E-state index is 12.1. The van der Waals surface area contributed by atoms with Gasteiger partial charge in [0.1, 0.15) is 11.6 Å². The molecule has 1 aliphatic rings. The molecule has 0 spiro atoms. The molecule has 26 heavy (non-hydrogen) atoms. The molecule has 1 N–H and O–H groups in total. The summed E-state index contributed by atoms with van der Waals surface area (Å²) in [6.45, 7) is 6.39. The number of benzene rings is 1. The monoisotopic (exact) mass is 353 g/mol. The highest BCUT2D eigenvalue weighted by atomic mass is 16.5. The van der Waals surface area contributed by atoms with Crippen molar-refractivity contribution in [3.05, 3.63) is 48.2 Å². The van der Waals surface area contributed by atoms with E-state index in [0.29, 0.717) is 17.4 Å². The SMILES string of the molecule is CC(C)c1ccc(OCC(=O)Nc2ccc(N3CCCCC3)nc2)cc1. The van der Waals surface area contributed by atoms with Crippen molar-refractivity contribution in [1.82, 2.24) is 4.98 Å². The molecule has 0 atom stereocenters. The summed E-state index contributed by atoms with van der Waals surface area (Å²) >= 11 is 0. The van der Waals surface area contributed by atoms with Crippen molar-refractivity contribution in [2.45, 2.75) is 39.0 Å². The van der Waals surface area contributed by atoms with Gasteiger partial charge >= 0.3 is 0 Å². The van der Waals surface area contributed by atoms with Gasteiger partial charge in [-0.3, -0.25) is 4.79 Å². The van der Waals surface area contributed by atoms with Crippen molar-refractivity contribution < 1.29 is 9.53 Å². The summed E-state index contributed by atoms with van der Waals surface area (Å²) < 4.78 is 5.55. The van der Waals surface area contributed by atoms with Gasteiger partial charge in [0.15, 0.2) is 6.61 Å². The molecule has 5 nitrogen and oxygen atoms in total. The number of nitrogens with zero attached hydrogens (tertiary/aromatic N) is 2. The van der Waals surface area contributed by atoms with Crippen LogP contribution in [0.15, 0.2) is 42.6 Å². The number of ether oxygens (including phenoxy) is 1. The summed E-state index contributed by atoms with van der Waals surface area (Å²) in [7, 11) is 0. The molecule has 0 aliphatic carbocycles. The molecule has 1 aliphatic heterocycles. The summed E-state index contributed by atoms with van der Waals surface area (Å²) in [6, 6.07) is 11.7. The maximum Gasteiger partial charge on any atom is 0.262 e. The molecule has 5 heteroatoms. The molecule has 1 amide bonds. The Labute approximate surface area is 155 Å². The molecule has 0 unspecified atom stereocenters. The van der Waals surface area contributed by atoms with Crippen LogP contribution in [-0.2, 0) is 4.79 Å². The van der Waals surface area contributed by atoms with E-state index >= 15 is 0 Å². The average Bonchev–Trinajstić information content (AvgIpc) is 2.68. The third-order valence-electron chi connectivity index (χ3n) is 4.63. The molecule has 1 aromatic heterocycles. The van der Waals surface area contributed by atoms with Crippen LogP contribution in [0.25, 0.3) is 0 Å². The van der Waals surface area contributed by atoms with Gasteiger partial charge < -0.3 is 15.0 Å². The molecule has 0 bridgehead atoms. The number of rotatable bonds is 6. The predicted octanol–water partition coefficient (Wildman–Crippen LogP) is 4.21. The molecule has 0 radical (unpaired) electrons. The van der Waals surface area contributed by atoms with Gasteiger partial charge in [-0.15, -0.1) is 0 Å². The van der Waals surface area contributed by atoms with Crippen LogP contribution in [0.1, 0.15) is 44.6 Å². The summed E-state index contributed by atoms with van der Waals surface area (Å²) in [5.74, 6) is 1.96. The molecule has 0 saturated carbocycles. The van der Waals surface area contributed by atoms with Crippen molar-refractivity contribution in [3.63, 3.8) is 0 Å². The van der Waals surface area contributed by atoms with Crippen LogP contribution in [0.2, 0.25) is 0 Å². The molecule has 1 aromatic carbocycles. The third-order valence-corrected chi connectivity index (χ3v) is 4.63. The van der Waals surface area contributed by atoms with Crippen LogP contribution in [0.4, 0.5) is 11.5 Å². The van der Waals surface area contributed by atoms with Crippen LogP contribution >= 0.6 is 0 Å². The van der Waals surface area contributed by atoms with Crippen molar-refractivity contribution in [2.75, 3.05) is 29.9 Å². The van der Waals surface area contributed by atoms with E-state index in [0.717, 1.165) is 18.9 Å². The number of aromatic nitrogens is 1. The molecule has 3 rings (SSSR count). The van der Waals surface area contributed by atoms with Crippen molar-refractivity contribution in [3.8, 4) is 5.75 Å². The Morgan fingerprint density at radius 2 is 1.85 bits per heavy atom. The highest BCUT2D eigenvalue weighted by molar-refractivity contribution is 5.91. The van der Waals surface area contributed by atoms with E-state index in [-0.39, 0.29) is 12.5 Å². The number of pyridine rings is 1. The zero-order valence-electron chi connectivity index (χ0n) is 15.6. The first-order valence-electron chi connectivity index (χ1n) is 9.35. The minimum Gasteiger partial charge on any atom is -0.484 e. The van der Waals surface area contributed by atoms with Gasteiger partial charge in [-0.05, 0) is 55.0 Å². The van der Waals surface area contributed by atoms with Gasteiger partial charge in [0, 0.05) is 13.1 Å². The Morgan fingerprint density at radius 3 is 2.46 bits per heavy atom. The summed E-state index contributed by atoms with van der Waals surface area (Å²) in [5.41, 5.74) is 1.94. The van der Waals surface area contributed by atoms with E-state index in [1.807, 2.05) is 36.4 Å². The molecule has 1 saturated heterocycles. The van der Waals surface area contributed by atoms with Gasteiger partial charge in [0.05, 0.1) is 11.9 Å². The summed E-state index contributed by atoms with van der Waals surface area (Å²) in [5, 5.41) is 2.83. The first-order valence-corrected chi connectivity index (χ1v) is 9.35. The Balaban J connectivity index is 1.48. The minimum atomic E-state index is -0.189. The number of hydrogen-bond acceptors (Lipinski definition) is 4. The molecule has 2 aromatic rings. The van der Waals surface area contributed by atoms with Crippen LogP contribution in [0.5, 0.6) is 5.75 Å². The highest BCUT2D eigenvalue weighted by Crippen LogP contribution is 2.20. The molecular weight excluding hydrogens is 326 g/mol. The molecule has 2 heterocycles. The topological polar surface area (TPSA) is 54.5 Å². The van der Waals surface area contributed by atoms with E-state index in [1.165, 1.54) is 24.8 Å². The van der Waals surface area contributed by atoms with Gasteiger partial charge in [-0.1, -0.05) is 26.0 Å². The quantitative estimate of drug-likeness (QED) is 0.845. The Hall–Kier alpha value is -2.56. The first-order chi connectivity index (χ1) is 12.6. The predicted molar refractivity (Wildman–Crippen MR) is 105 cm³/mol. The zero-order chi connectivity index (χ0) is 18.4. The fraction of sp³-hybridized carbons (Fsp3) is 0.429. The number of hydrogen-bond donors (Lipinski definition) is 1. The second-order valence-electron chi connectivity index (χ2n) is 7.01. The number of piperidine rings is 1. The molecule has 138 valence electrons. The lowest BCUT2D eigenvalue weighted by Crippen LogP contribution is -2.30. The van der Waals surface area contributed by atoms with Crippen molar-refractivity contribution in [1.29, 1.82) is 0 Å². The fourth-order valence-corrected chi connectivity index (χ4v) is 3.06. The largest absolute Gasteiger partial charge is 0.484 e. The van der Waals surface area contributed by atoms with Crippen LogP contribution in [-0.4, -0.2) is 30.6 Å². The van der Waals surface area contributed by atoms with Crippen molar-refractivity contribution >= 4 is 17.4 Å². The minimum absolute atomic E-state index is 0.0189. The van der Waals surface area contributed by atoms with Gasteiger partial charge in [0.2, 0.25) is 0 Å². The average molecular weight is 353 g/mol. The van der Waals surface area contributed by atoms with E-state index in [2.05, 4.69) is 29.0 Å². The number of carbonyl (C=O) groups excluding carboxylic acids is 1. The lowest BCUT2D eigenvalue weighted by molar-refractivity contribution is -0.118. The van der Waals surface area contributed by atoms with Crippen LogP contribution in [0, 0.1) is 0 Å². The van der Waals surface area contributed by atoms with E-state index < -0.39 is 0 Å². The smallest absolute Gasteiger partial charge is 0.262 e. The second-order valence-corrected chi connectivity index (χ2v) is 7.01. The third kappa shape index (κ3) is 4.97. The van der Waals surface area contributed by atoms with E-state index in [1.54, 1.807) is 6.20 Å². The van der Waals surface area contributed by atoms with Gasteiger partial charge in [-0.25, -0.2) is 4.98 Å². The van der Waals surface area contributed by atoms with Crippen LogP contribution < -0.4 is 15.0 Å². The van der Waals surface area contributed by atoms with E-state index in [4.69, 9.17) is 4.74 Å². The maximum atomic E-state index is 12.1. The lowest BCUT2D eigenvalue weighted by Gasteiger charge is -2.27. The lowest BCUT2D eigenvalue weighted by atomic mass is 10.0. The second kappa shape index (κ2) is 8.70. The van der Waals surface area contributed by atoms with Crippen LogP contribution in [0.3, 0.4) is 0 Å². The zero-order valence-corrected chi connectivity index (χ0v) is 15.6. The van der Waals surface area contributed by atoms with E-state index in [9.17, 15) is 4.79 Å². The number of carbonyl (C=O) groups is 1. The highest BCUT2D eigenvalue weighted by Gasteiger charge is 2.12. The summed E-state index contributed by atoms with van der Waals surface area (Å²) in [4.78, 5) is 18.8. The Kier molecular flexibility index (Phi) is 6.10. The Morgan fingerprint density at radius 1 is 1.12 bits per heavy atom. The fourth-order valence-electron chi connectivity index (χ4n) is 3.06. The molecule has 1 fully saturated rings. The molecular formula is C21H27N3O2. The first kappa shape index (κ1) is 18.2. The summed E-state index contributed by atoms with van der Waals surface area (Å²) in [6.07, 6.45) is 5.44. The Bertz CT molecular complexity index is 705. The number of nitrogens with one attached hydrogen (secondary N) is 1.